The third kappa shape index (κ3) is 4.81. The Kier molecular flexibility index (Phi) is 5.73. The zero-order valence-corrected chi connectivity index (χ0v) is 12.6. The molecule has 1 atom stereocenters. The summed E-state index contributed by atoms with van der Waals surface area (Å²) < 4.78 is 0. The molecule has 0 saturated carbocycles. The minimum atomic E-state index is -0.248. The van der Waals surface area contributed by atoms with Crippen LogP contribution in [0.1, 0.15) is 25.3 Å². The van der Waals surface area contributed by atoms with Crippen molar-refractivity contribution in [2.75, 3.05) is 25.0 Å². The molecule has 0 aromatic heterocycles. The maximum Gasteiger partial charge on any atom is 0.238 e. The number of hydrogen-bond donors (Lipinski definition) is 3. The van der Waals surface area contributed by atoms with Crippen molar-refractivity contribution < 1.29 is 9.90 Å². The van der Waals surface area contributed by atoms with Crippen LogP contribution < -0.4 is 11.1 Å². The van der Waals surface area contributed by atoms with Gasteiger partial charge in [0.1, 0.15) is 0 Å². The molecule has 0 radical (unpaired) electrons. The Bertz CT molecular complexity index is 451. The van der Waals surface area contributed by atoms with Gasteiger partial charge in [0.15, 0.2) is 0 Å². The van der Waals surface area contributed by atoms with Gasteiger partial charge in [-0.3, -0.25) is 9.69 Å². The summed E-state index contributed by atoms with van der Waals surface area (Å²) in [4.78, 5) is 14.2. The van der Waals surface area contributed by atoms with Gasteiger partial charge < -0.3 is 16.2 Å². The third-order valence-corrected chi connectivity index (χ3v) is 4.16. The highest BCUT2D eigenvalue weighted by atomic mass is 16.3. The van der Waals surface area contributed by atoms with E-state index in [-0.39, 0.29) is 12.0 Å². The van der Waals surface area contributed by atoms with Crippen molar-refractivity contribution in [3.05, 3.63) is 29.8 Å². The number of aliphatic hydroxyl groups is 1. The van der Waals surface area contributed by atoms with Gasteiger partial charge in [0, 0.05) is 12.2 Å². The number of hydrogen-bond acceptors (Lipinski definition) is 4. The summed E-state index contributed by atoms with van der Waals surface area (Å²) in [5.74, 6) is 0.374. The molecule has 1 amide bonds. The maximum atomic E-state index is 12.0. The van der Waals surface area contributed by atoms with Crippen molar-refractivity contribution in [3.63, 3.8) is 0 Å². The molecule has 1 aliphatic heterocycles. The van der Waals surface area contributed by atoms with Crippen LogP contribution in [0.25, 0.3) is 0 Å². The van der Waals surface area contributed by atoms with Crippen LogP contribution in [0.4, 0.5) is 5.69 Å². The number of likely N-dealkylation sites (tertiary alicyclic amines) is 1. The predicted octanol–water partition coefficient (Wildman–Crippen LogP) is 1.18. The second-order valence-electron chi connectivity index (χ2n) is 5.80. The van der Waals surface area contributed by atoms with Crippen LogP contribution >= 0.6 is 0 Å². The molecule has 1 heterocycles. The van der Waals surface area contributed by atoms with E-state index in [4.69, 9.17) is 5.73 Å². The minimum Gasteiger partial charge on any atom is -0.393 e. The summed E-state index contributed by atoms with van der Waals surface area (Å²) in [5.41, 5.74) is 7.40. The zero-order chi connectivity index (χ0) is 15.2. The number of nitrogens with two attached hydrogens (primary N) is 1. The molecule has 1 aromatic carbocycles. The number of rotatable bonds is 5. The first kappa shape index (κ1) is 15.9. The molecule has 1 unspecified atom stereocenters. The molecule has 21 heavy (non-hydrogen) atoms. The molecule has 5 heteroatoms. The minimum absolute atomic E-state index is 0.00555. The molecule has 1 saturated heterocycles. The second kappa shape index (κ2) is 7.54. The Labute approximate surface area is 126 Å². The van der Waals surface area contributed by atoms with Crippen LogP contribution in [0.3, 0.4) is 0 Å². The number of nitrogens with one attached hydrogen (secondary N) is 1. The van der Waals surface area contributed by atoms with Crippen LogP contribution in [-0.4, -0.2) is 41.7 Å². The van der Waals surface area contributed by atoms with Crippen molar-refractivity contribution in [3.8, 4) is 0 Å². The maximum absolute atomic E-state index is 12.0. The number of piperidine rings is 1. The number of aliphatic hydroxyl groups excluding tert-OH is 1. The average Bonchev–Trinajstić information content (AvgIpc) is 2.48. The van der Waals surface area contributed by atoms with E-state index in [1.165, 1.54) is 0 Å². The summed E-state index contributed by atoms with van der Waals surface area (Å²) in [6.07, 6.45) is 1.66. The lowest BCUT2D eigenvalue weighted by molar-refractivity contribution is -0.117. The largest absolute Gasteiger partial charge is 0.393 e. The van der Waals surface area contributed by atoms with E-state index < -0.39 is 0 Å². The highest BCUT2D eigenvalue weighted by Gasteiger charge is 2.23. The van der Waals surface area contributed by atoms with Gasteiger partial charge in [-0.25, -0.2) is 0 Å². The molecule has 0 bridgehead atoms. The van der Waals surface area contributed by atoms with E-state index in [2.05, 4.69) is 10.2 Å². The summed E-state index contributed by atoms with van der Waals surface area (Å²) >= 11 is 0. The smallest absolute Gasteiger partial charge is 0.238 e. The first-order chi connectivity index (χ1) is 10.1. The van der Waals surface area contributed by atoms with Gasteiger partial charge in [-0.2, -0.15) is 0 Å². The van der Waals surface area contributed by atoms with Gasteiger partial charge in [0.2, 0.25) is 5.91 Å². The number of amides is 1. The molecular weight excluding hydrogens is 266 g/mol. The van der Waals surface area contributed by atoms with Gasteiger partial charge >= 0.3 is 0 Å². The first-order valence-corrected chi connectivity index (χ1v) is 7.57. The van der Waals surface area contributed by atoms with Gasteiger partial charge in [0.25, 0.3) is 0 Å². The van der Waals surface area contributed by atoms with Gasteiger partial charge in [-0.1, -0.05) is 12.1 Å². The fourth-order valence-electron chi connectivity index (χ4n) is 2.72. The van der Waals surface area contributed by atoms with Crippen molar-refractivity contribution in [2.24, 2.45) is 11.7 Å². The summed E-state index contributed by atoms with van der Waals surface area (Å²) in [7, 11) is 0. The van der Waals surface area contributed by atoms with Crippen LogP contribution in [0.2, 0.25) is 0 Å². The van der Waals surface area contributed by atoms with E-state index in [0.717, 1.165) is 37.2 Å². The molecule has 116 valence electrons. The summed E-state index contributed by atoms with van der Waals surface area (Å²) in [6.45, 7) is 4.50. The van der Waals surface area contributed by atoms with Gasteiger partial charge in [-0.15, -0.1) is 0 Å². The van der Waals surface area contributed by atoms with Crippen molar-refractivity contribution in [1.29, 1.82) is 0 Å². The number of benzene rings is 1. The van der Waals surface area contributed by atoms with E-state index in [0.29, 0.717) is 19.0 Å². The predicted molar refractivity (Wildman–Crippen MR) is 83.8 cm³/mol. The second-order valence-corrected chi connectivity index (χ2v) is 5.80. The van der Waals surface area contributed by atoms with Crippen LogP contribution in [-0.2, 0) is 11.3 Å². The lowest BCUT2D eigenvalue weighted by atomic mass is 9.92. The number of anilines is 1. The van der Waals surface area contributed by atoms with Crippen molar-refractivity contribution in [2.45, 2.75) is 32.4 Å². The zero-order valence-electron chi connectivity index (χ0n) is 12.6. The van der Waals surface area contributed by atoms with E-state index in [1.54, 1.807) is 0 Å². The average molecular weight is 291 g/mol. The van der Waals surface area contributed by atoms with Crippen LogP contribution in [0, 0.1) is 5.92 Å². The molecule has 5 nitrogen and oxygen atoms in total. The molecule has 2 rings (SSSR count). The van der Waals surface area contributed by atoms with Gasteiger partial charge in [-0.05, 0) is 56.5 Å². The third-order valence-electron chi connectivity index (χ3n) is 4.16. The fourth-order valence-corrected chi connectivity index (χ4v) is 2.72. The van der Waals surface area contributed by atoms with E-state index in [1.807, 2.05) is 31.2 Å². The van der Waals surface area contributed by atoms with Gasteiger partial charge in [0.05, 0.1) is 12.6 Å². The Balaban J connectivity index is 1.77. The lowest BCUT2D eigenvalue weighted by Crippen LogP contribution is -2.41. The molecule has 0 aliphatic carbocycles. The molecular formula is C16H25N3O2. The highest BCUT2D eigenvalue weighted by Crippen LogP contribution is 2.20. The molecule has 0 spiro atoms. The summed E-state index contributed by atoms with van der Waals surface area (Å²) in [5, 5.41) is 12.5. The first-order valence-electron chi connectivity index (χ1n) is 7.57. The number of carbonyl (C=O) groups is 1. The summed E-state index contributed by atoms with van der Waals surface area (Å²) in [6, 6.07) is 7.59. The standard InChI is InChI=1S/C16H25N3O2/c1-12(20)14-6-8-19(9-7-14)11-16(21)18-15-4-2-13(10-17)3-5-15/h2-5,12,14,20H,6-11,17H2,1H3,(H,18,21). The normalized spacial score (nSPS) is 18.4. The molecule has 1 aliphatic rings. The Morgan fingerprint density at radius 1 is 1.38 bits per heavy atom. The van der Waals surface area contributed by atoms with E-state index >= 15 is 0 Å². The monoisotopic (exact) mass is 291 g/mol. The molecule has 4 N–H and O–H groups in total. The lowest BCUT2D eigenvalue weighted by Gasteiger charge is -2.32. The quantitative estimate of drug-likeness (QED) is 0.761. The van der Waals surface area contributed by atoms with Crippen LogP contribution in [0.5, 0.6) is 0 Å². The topological polar surface area (TPSA) is 78.6 Å². The molecule has 1 aromatic rings. The fraction of sp³-hybridized carbons (Fsp3) is 0.562. The van der Waals surface area contributed by atoms with Crippen molar-refractivity contribution in [1.82, 2.24) is 4.90 Å². The van der Waals surface area contributed by atoms with Crippen molar-refractivity contribution >= 4 is 11.6 Å². The Morgan fingerprint density at radius 2 is 2.00 bits per heavy atom. The van der Waals surface area contributed by atoms with E-state index in [9.17, 15) is 9.90 Å². The molecule has 1 fully saturated rings. The number of nitrogens with zero attached hydrogens (tertiary/aromatic N) is 1. The number of carbonyl (C=O) groups excluding carboxylic acids is 1. The Morgan fingerprint density at radius 3 is 2.52 bits per heavy atom. The Hall–Kier alpha value is -1.43. The SMILES string of the molecule is CC(O)C1CCN(CC(=O)Nc2ccc(CN)cc2)CC1. The van der Waals surface area contributed by atoms with Crippen LogP contribution in [0.15, 0.2) is 24.3 Å². The highest BCUT2D eigenvalue weighted by molar-refractivity contribution is 5.92.